The van der Waals surface area contributed by atoms with Crippen LogP contribution in [0.5, 0.6) is 11.5 Å². The first kappa shape index (κ1) is 18.8. The normalized spacial score (nSPS) is 14.6. The van der Waals surface area contributed by atoms with Gasteiger partial charge in [-0.1, -0.05) is 30.3 Å². The molecule has 0 aliphatic carbocycles. The van der Waals surface area contributed by atoms with Gasteiger partial charge in [-0.05, 0) is 36.6 Å². The maximum absolute atomic E-state index is 12.3. The molecule has 1 unspecified atom stereocenters. The Morgan fingerprint density at radius 2 is 1.93 bits per heavy atom. The lowest BCUT2D eigenvalue weighted by Crippen LogP contribution is -2.24. The third kappa shape index (κ3) is 3.49. The van der Waals surface area contributed by atoms with E-state index >= 15 is 0 Å². The summed E-state index contributed by atoms with van der Waals surface area (Å²) >= 11 is 0. The van der Waals surface area contributed by atoms with E-state index in [1.54, 1.807) is 7.11 Å². The summed E-state index contributed by atoms with van der Waals surface area (Å²) in [5.41, 5.74) is 2.89. The van der Waals surface area contributed by atoms with Crippen LogP contribution < -0.4 is 14.9 Å². The molecule has 0 fully saturated rings. The number of ether oxygens (including phenoxy) is 2. The summed E-state index contributed by atoms with van der Waals surface area (Å²) in [6, 6.07) is 15.1. The van der Waals surface area contributed by atoms with Crippen molar-refractivity contribution in [1.29, 1.82) is 0 Å². The van der Waals surface area contributed by atoms with E-state index in [1.165, 1.54) is 12.3 Å². The molecule has 1 atom stereocenters. The second-order valence-electron chi connectivity index (χ2n) is 7.14. The van der Waals surface area contributed by atoms with E-state index in [1.807, 2.05) is 54.0 Å². The zero-order valence-corrected chi connectivity index (χ0v) is 16.2. The number of aromatic nitrogens is 1. The number of pyridine rings is 1. The van der Waals surface area contributed by atoms with Crippen LogP contribution in [0.4, 0.5) is 0 Å². The zero-order chi connectivity index (χ0) is 20.5. The average molecular weight is 391 g/mol. The summed E-state index contributed by atoms with van der Waals surface area (Å²) in [5.74, 6) is -0.0127. The van der Waals surface area contributed by atoms with Crippen molar-refractivity contribution >= 4 is 5.97 Å². The van der Waals surface area contributed by atoms with Gasteiger partial charge in [-0.25, -0.2) is 4.79 Å². The van der Waals surface area contributed by atoms with Gasteiger partial charge < -0.3 is 19.1 Å². The predicted octanol–water partition coefficient (Wildman–Crippen LogP) is 3.92. The first-order chi connectivity index (χ1) is 14.0. The average Bonchev–Trinajstić information content (AvgIpc) is 2.72. The number of nitrogens with zero attached hydrogens (tertiary/aromatic N) is 1. The molecule has 148 valence electrons. The van der Waals surface area contributed by atoms with Gasteiger partial charge in [-0.15, -0.1) is 0 Å². The van der Waals surface area contributed by atoms with E-state index in [-0.39, 0.29) is 11.6 Å². The van der Waals surface area contributed by atoms with Crippen molar-refractivity contribution in [2.75, 3.05) is 7.11 Å². The molecule has 0 amide bonds. The van der Waals surface area contributed by atoms with Gasteiger partial charge in [-0.3, -0.25) is 4.79 Å². The van der Waals surface area contributed by atoms with Gasteiger partial charge in [-0.2, -0.15) is 0 Å². The number of hydrogen-bond acceptors (Lipinski definition) is 4. The number of fused-ring (bicyclic) bond motifs is 3. The summed E-state index contributed by atoms with van der Waals surface area (Å²) in [7, 11) is 1.57. The van der Waals surface area contributed by atoms with Crippen molar-refractivity contribution in [2.45, 2.75) is 26.0 Å². The van der Waals surface area contributed by atoms with Crippen molar-refractivity contribution in [3.8, 4) is 22.8 Å². The molecule has 0 spiro atoms. The molecule has 0 saturated heterocycles. The number of methoxy groups -OCH3 is 1. The summed E-state index contributed by atoms with van der Waals surface area (Å²) in [6.07, 6.45) is 2.12. The molecular weight excluding hydrogens is 370 g/mol. The smallest absolute Gasteiger partial charge is 0.341 e. The lowest BCUT2D eigenvalue weighted by atomic mass is 9.92. The van der Waals surface area contributed by atoms with Crippen LogP contribution in [0.25, 0.3) is 11.3 Å². The Labute approximate surface area is 168 Å². The van der Waals surface area contributed by atoms with Gasteiger partial charge in [0, 0.05) is 23.9 Å². The highest BCUT2D eigenvalue weighted by molar-refractivity contribution is 5.87. The number of aromatic carboxylic acids is 1. The second-order valence-corrected chi connectivity index (χ2v) is 7.14. The fourth-order valence-corrected chi connectivity index (χ4v) is 3.72. The molecule has 1 N–H and O–H groups in total. The standard InChI is InChI=1S/C23H21NO5/c1-14-8-16-9-22(29-13-15-6-4-3-5-7-15)21(28-2)10-17(16)19-11-20(25)18(23(26)27)12-24(14)19/h3-7,9-12,14H,8,13H2,1-2H3,(H,26,27). The molecule has 0 saturated carbocycles. The Hall–Kier alpha value is -3.54. The molecule has 4 rings (SSSR count). The summed E-state index contributed by atoms with van der Waals surface area (Å²) < 4.78 is 13.4. The second kappa shape index (κ2) is 7.47. The number of carboxylic acid groups (broad SMARTS) is 1. The molecule has 6 nitrogen and oxygen atoms in total. The molecular formula is C23H21NO5. The molecule has 1 aromatic heterocycles. The molecule has 2 aromatic carbocycles. The van der Waals surface area contributed by atoms with Crippen LogP contribution in [0.1, 0.15) is 34.5 Å². The Kier molecular flexibility index (Phi) is 4.84. The topological polar surface area (TPSA) is 77.8 Å². The van der Waals surface area contributed by atoms with E-state index in [0.717, 1.165) is 16.7 Å². The lowest BCUT2D eigenvalue weighted by Gasteiger charge is -2.29. The van der Waals surface area contributed by atoms with Crippen molar-refractivity contribution in [3.05, 3.63) is 81.6 Å². The summed E-state index contributed by atoms with van der Waals surface area (Å²) in [5, 5.41) is 9.27. The molecule has 1 aliphatic rings. The van der Waals surface area contributed by atoms with Gasteiger partial charge in [0.05, 0.1) is 12.8 Å². The highest BCUT2D eigenvalue weighted by atomic mass is 16.5. The van der Waals surface area contributed by atoms with Crippen molar-refractivity contribution in [2.24, 2.45) is 0 Å². The van der Waals surface area contributed by atoms with Crippen molar-refractivity contribution in [1.82, 2.24) is 4.57 Å². The Morgan fingerprint density at radius 3 is 2.62 bits per heavy atom. The molecule has 3 aromatic rings. The maximum atomic E-state index is 12.3. The van der Waals surface area contributed by atoms with Gasteiger partial charge >= 0.3 is 5.97 Å². The first-order valence-electron chi connectivity index (χ1n) is 9.35. The van der Waals surface area contributed by atoms with Crippen LogP contribution in [0.2, 0.25) is 0 Å². The van der Waals surface area contributed by atoms with E-state index in [9.17, 15) is 14.7 Å². The van der Waals surface area contributed by atoms with Crippen LogP contribution in [0.3, 0.4) is 0 Å². The van der Waals surface area contributed by atoms with E-state index in [0.29, 0.717) is 30.2 Å². The van der Waals surface area contributed by atoms with Crippen LogP contribution >= 0.6 is 0 Å². The van der Waals surface area contributed by atoms with E-state index < -0.39 is 11.4 Å². The highest BCUT2D eigenvalue weighted by Gasteiger charge is 2.25. The SMILES string of the molecule is COc1cc2c(cc1OCc1ccccc1)CC(C)n1cc(C(=O)O)c(=O)cc1-2. The minimum atomic E-state index is -1.22. The number of carboxylic acids is 1. The summed E-state index contributed by atoms with van der Waals surface area (Å²) in [6.45, 7) is 2.42. The largest absolute Gasteiger partial charge is 0.493 e. The van der Waals surface area contributed by atoms with Crippen LogP contribution in [-0.2, 0) is 13.0 Å². The first-order valence-corrected chi connectivity index (χ1v) is 9.35. The molecule has 1 aliphatic heterocycles. The Bertz CT molecular complexity index is 1130. The van der Waals surface area contributed by atoms with Crippen molar-refractivity contribution < 1.29 is 19.4 Å². The fourth-order valence-electron chi connectivity index (χ4n) is 3.72. The molecule has 0 radical (unpaired) electrons. The molecule has 2 heterocycles. The van der Waals surface area contributed by atoms with Gasteiger partial charge in [0.1, 0.15) is 12.2 Å². The Morgan fingerprint density at radius 1 is 1.17 bits per heavy atom. The van der Waals surface area contributed by atoms with Crippen LogP contribution in [0, 0.1) is 0 Å². The third-order valence-corrected chi connectivity index (χ3v) is 5.20. The number of carbonyl (C=O) groups is 1. The Balaban J connectivity index is 1.76. The quantitative estimate of drug-likeness (QED) is 0.713. The van der Waals surface area contributed by atoms with Gasteiger partial charge in [0.15, 0.2) is 16.9 Å². The van der Waals surface area contributed by atoms with E-state index in [4.69, 9.17) is 9.47 Å². The van der Waals surface area contributed by atoms with Gasteiger partial charge in [0.25, 0.3) is 0 Å². The monoisotopic (exact) mass is 391 g/mol. The van der Waals surface area contributed by atoms with E-state index in [2.05, 4.69) is 0 Å². The number of hydrogen-bond donors (Lipinski definition) is 1. The molecule has 29 heavy (non-hydrogen) atoms. The zero-order valence-electron chi connectivity index (χ0n) is 16.2. The molecule has 0 bridgehead atoms. The fraction of sp³-hybridized carbons (Fsp3) is 0.217. The number of rotatable bonds is 5. The number of benzene rings is 2. The lowest BCUT2D eigenvalue weighted by molar-refractivity contribution is 0.0694. The summed E-state index contributed by atoms with van der Waals surface area (Å²) in [4.78, 5) is 23.6. The van der Waals surface area contributed by atoms with Crippen molar-refractivity contribution in [3.63, 3.8) is 0 Å². The minimum Gasteiger partial charge on any atom is -0.493 e. The third-order valence-electron chi connectivity index (χ3n) is 5.20. The minimum absolute atomic E-state index is 0.00608. The van der Waals surface area contributed by atoms with Crippen LogP contribution in [0.15, 0.2) is 59.5 Å². The van der Waals surface area contributed by atoms with Crippen LogP contribution in [-0.4, -0.2) is 22.8 Å². The highest BCUT2D eigenvalue weighted by Crippen LogP contribution is 2.41. The predicted molar refractivity (Wildman–Crippen MR) is 109 cm³/mol. The van der Waals surface area contributed by atoms with Gasteiger partial charge in [0.2, 0.25) is 0 Å². The maximum Gasteiger partial charge on any atom is 0.341 e. The molecule has 6 heteroatoms.